The molecule has 0 radical (unpaired) electrons. The molecule has 0 spiro atoms. The summed E-state index contributed by atoms with van der Waals surface area (Å²) in [6, 6.07) is 15.8. The second-order valence-corrected chi connectivity index (χ2v) is 6.82. The normalized spacial score (nSPS) is 12.8. The monoisotopic (exact) mass is 295 g/mol. The van der Waals surface area contributed by atoms with Crippen LogP contribution in [0, 0.1) is 20.8 Å². The van der Waals surface area contributed by atoms with Crippen LogP contribution in [0.3, 0.4) is 0 Å². The third kappa shape index (κ3) is 2.61. The lowest BCUT2D eigenvalue weighted by Crippen LogP contribution is -2.17. The lowest BCUT2D eigenvalue weighted by molar-refractivity contribution is 0.699. The maximum absolute atomic E-state index is 3.49. The zero-order valence-electron chi connectivity index (χ0n) is 13.0. The molecule has 108 valence electrons. The fourth-order valence-electron chi connectivity index (χ4n) is 2.89. The van der Waals surface area contributed by atoms with E-state index in [2.05, 4.69) is 68.6 Å². The first-order valence-corrected chi connectivity index (χ1v) is 8.15. The Morgan fingerprint density at radius 1 is 0.905 bits per heavy atom. The Bertz CT molecular complexity index is 752. The lowest BCUT2D eigenvalue weighted by atomic mass is 9.95. The Labute approximate surface area is 130 Å². The van der Waals surface area contributed by atoms with Crippen molar-refractivity contribution >= 4 is 21.4 Å². The molecule has 3 rings (SSSR count). The average Bonchev–Trinajstić information content (AvgIpc) is 2.88. The Hall–Kier alpha value is -1.64. The van der Waals surface area contributed by atoms with Crippen molar-refractivity contribution in [2.24, 2.45) is 0 Å². The standard InChI is InChI=1S/C19H21NS/c1-12-9-14(3)16(10-13(12)2)19(20-4)18-11-15-7-5-6-8-17(15)21-18/h5-11,19-20H,1-4H3. The predicted octanol–water partition coefficient (Wildman–Crippen LogP) is 5.14. The SMILES string of the molecule is CNC(c1cc2ccccc2s1)c1cc(C)c(C)cc1C. The van der Waals surface area contributed by atoms with Gasteiger partial charge in [-0.05, 0) is 67.6 Å². The number of benzene rings is 2. The summed E-state index contributed by atoms with van der Waals surface area (Å²) in [5, 5.41) is 4.83. The lowest BCUT2D eigenvalue weighted by Gasteiger charge is -2.19. The Kier molecular flexibility index (Phi) is 3.83. The van der Waals surface area contributed by atoms with Gasteiger partial charge >= 0.3 is 0 Å². The van der Waals surface area contributed by atoms with Gasteiger partial charge in [0.1, 0.15) is 0 Å². The number of nitrogens with one attached hydrogen (secondary N) is 1. The van der Waals surface area contributed by atoms with Gasteiger partial charge in [0.15, 0.2) is 0 Å². The van der Waals surface area contributed by atoms with E-state index < -0.39 is 0 Å². The molecule has 0 aliphatic heterocycles. The first kappa shape index (κ1) is 14.3. The van der Waals surface area contributed by atoms with Crippen LogP contribution >= 0.6 is 11.3 Å². The van der Waals surface area contributed by atoms with Crippen LogP contribution in [0.25, 0.3) is 10.1 Å². The third-order valence-corrected chi connectivity index (χ3v) is 5.39. The van der Waals surface area contributed by atoms with Gasteiger partial charge in [-0.2, -0.15) is 0 Å². The molecule has 0 aliphatic carbocycles. The number of thiophene rings is 1. The molecule has 1 N–H and O–H groups in total. The summed E-state index contributed by atoms with van der Waals surface area (Å²) in [5.74, 6) is 0. The van der Waals surface area contributed by atoms with Gasteiger partial charge in [-0.25, -0.2) is 0 Å². The van der Waals surface area contributed by atoms with Gasteiger partial charge in [0.05, 0.1) is 6.04 Å². The first-order valence-electron chi connectivity index (χ1n) is 7.33. The van der Waals surface area contributed by atoms with Crippen LogP contribution in [0.1, 0.15) is 33.2 Å². The Morgan fingerprint density at radius 2 is 1.62 bits per heavy atom. The van der Waals surface area contributed by atoms with E-state index in [4.69, 9.17) is 0 Å². The number of rotatable bonds is 3. The first-order chi connectivity index (χ1) is 10.1. The van der Waals surface area contributed by atoms with Gasteiger partial charge in [-0.3, -0.25) is 0 Å². The minimum Gasteiger partial charge on any atom is -0.309 e. The summed E-state index contributed by atoms with van der Waals surface area (Å²) in [6.07, 6.45) is 0. The van der Waals surface area contributed by atoms with E-state index >= 15 is 0 Å². The number of hydrogen-bond donors (Lipinski definition) is 1. The highest BCUT2D eigenvalue weighted by atomic mass is 32.1. The maximum Gasteiger partial charge on any atom is 0.0671 e. The van der Waals surface area contributed by atoms with Crippen LogP contribution in [0.15, 0.2) is 42.5 Å². The zero-order valence-corrected chi connectivity index (χ0v) is 13.8. The molecule has 2 heteroatoms. The summed E-state index contributed by atoms with van der Waals surface area (Å²) >= 11 is 1.88. The molecule has 1 heterocycles. The second-order valence-electron chi connectivity index (χ2n) is 5.70. The highest BCUT2D eigenvalue weighted by Crippen LogP contribution is 2.34. The molecule has 21 heavy (non-hydrogen) atoms. The van der Waals surface area contributed by atoms with Crippen molar-refractivity contribution in [1.82, 2.24) is 5.32 Å². The summed E-state index contributed by atoms with van der Waals surface area (Å²) in [5.41, 5.74) is 5.46. The molecule has 1 aromatic heterocycles. The fourth-order valence-corrected chi connectivity index (χ4v) is 4.08. The smallest absolute Gasteiger partial charge is 0.0671 e. The van der Waals surface area contributed by atoms with Crippen molar-refractivity contribution < 1.29 is 0 Å². The molecule has 1 unspecified atom stereocenters. The molecule has 0 fully saturated rings. The number of hydrogen-bond acceptors (Lipinski definition) is 2. The van der Waals surface area contributed by atoms with Gasteiger partial charge in [0.25, 0.3) is 0 Å². The molecular weight excluding hydrogens is 274 g/mol. The van der Waals surface area contributed by atoms with Crippen molar-refractivity contribution in [3.05, 3.63) is 69.6 Å². The number of aryl methyl sites for hydroxylation is 3. The van der Waals surface area contributed by atoms with Crippen molar-refractivity contribution in [2.75, 3.05) is 7.05 Å². The molecule has 0 saturated heterocycles. The van der Waals surface area contributed by atoms with Crippen LogP contribution in [-0.4, -0.2) is 7.05 Å². The topological polar surface area (TPSA) is 12.0 Å². The summed E-state index contributed by atoms with van der Waals surface area (Å²) < 4.78 is 1.36. The van der Waals surface area contributed by atoms with Crippen molar-refractivity contribution in [3.8, 4) is 0 Å². The van der Waals surface area contributed by atoms with Crippen LogP contribution < -0.4 is 5.32 Å². The van der Waals surface area contributed by atoms with Gasteiger partial charge in [0.2, 0.25) is 0 Å². The molecule has 1 atom stereocenters. The minimum atomic E-state index is 0.265. The van der Waals surface area contributed by atoms with E-state index in [1.54, 1.807) is 0 Å². The summed E-state index contributed by atoms with van der Waals surface area (Å²) in [7, 11) is 2.05. The van der Waals surface area contributed by atoms with Crippen LogP contribution in [0.5, 0.6) is 0 Å². The van der Waals surface area contributed by atoms with Gasteiger partial charge < -0.3 is 5.32 Å². The zero-order chi connectivity index (χ0) is 15.0. The summed E-state index contributed by atoms with van der Waals surface area (Å²) in [4.78, 5) is 1.38. The molecule has 2 aromatic carbocycles. The molecule has 3 aromatic rings. The molecule has 0 bridgehead atoms. The van der Waals surface area contributed by atoms with Gasteiger partial charge in [0, 0.05) is 9.58 Å². The highest BCUT2D eigenvalue weighted by Gasteiger charge is 2.17. The molecule has 1 nitrogen and oxygen atoms in total. The van der Waals surface area contributed by atoms with Crippen LogP contribution in [0.4, 0.5) is 0 Å². The highest BCUT2D eigenvalue weighted by molar-refractivity contribution is 7.19. The second kappa shape index (κ2) is 5.63. The quantitative estimate of drug-likeness (QED) is 0.706. The van der Waals surface area contributed by atoms with E-state index in [0.29, 0.717) is 0 Å². The van der Waals surface area contributed by atoms with E-state index in [-0.39, 0.29) is 6.04 Å². The van der Waals surface area contributed by atoms with Crippen LogP contribution in [0.2, 0.25) is 0 Å². The molecular formula is C19H21NS. The van der Waals surface area contributed by atoms with Crippen molar-refractivity contribution in [2.45, 2.75) is 26.8 Å². The average molecular weight is 295 g/mol. The Balaban J connectivity index is 2.11. The van der Waals surface area contributed by atoms with Crippen LogP contribution in [-0.2, 0) is 0 Å². The molecule has 0 aliphatic rings. The maximum atomic E-state index is 3.49. The minimum absolute atomic E-state index is 0.265. The van der Waals surface area contributed by atoms with E-state index in [0.717, 1.165) is 0 Å². The molecule has 0 saturated carbocycles. The van der Waals surface area contributed by atoms with Crippen molar-refractivity contribution in [3.63, 3.8) is 0 Å². The molecule has 0 amide bonds. The predicted molar refractivity (Wildman–Crippen MR) is 93.4 cm³/mol. The van der Waals surface area contributed by atoms with Gasteiger partial charge in [-0.1, -0.05) is 30.3 Å². The van der Waals surface area contributed by atoms with E-state index in [1.165, 1.54) is 37.2 Å². The largest absolute Gasteiger partial charge is 0.309 e. The van der Waals surface area contributed by atoms with Gasteiger partial charge in [-0.15, -0.1) is 11.3 Å². The summed E-state index contributed by atoms with van der Waals surface area (Å²) in [6.45, 7) is 6.58. The van der Waals surface area contributed by atoms with E-state index in [1.807, 2.05) is 18.4 Å². The number of fused-ring (bicyclic) bond motifs is 1. The van der Waals surface area contributed by atoms with Crippen molar-refractivity contribution in [1.29, 1.82) is 0 Å². The fraction of sp³-hybridized carbons (Fsp3) is 0.263. The third-order valence-electron chi connectivity index (χ3n) is 4.21. The van der Waals surface area contributed by atoms with E-state index in [9.17, 15) is 0 Å². The Morgan fingerprint density at radius 3 is 2.33 bits per heavy atom.